The van der Waals surface area contributed by atoms with Gasteiger partial charge in [0.1, 0.15) is 31.3 Å². The molecule has 0 bridgehead atoms. The molecule has 8 nitrogen and oxygen atoms in total. The van der Waals surface area contributed by atoms with Crippen LogP contribution >= 0.6 is 0 Å². The summed E-state index contributed by atoms with van der Waals surface area (Å²) in [5.74, 6) is -0.175. The average molecular weight is 547 g/mol. The van der Waals surface area contributed by atoms with Gasteiger partial charge in [-0.1, -0.05) is 92.1 Å². The van der Waals surface area contributed by atoms with E-state index in [4.69, 9.17) is 15.2 Å². The van der Waals surface area contributed by atoms with Gasteiger partial charge in [0.2, 0.25) is 0 Å². The summed E-state index contributed by atoms with van der Waals surface area (Å²) < 4.78 is 10.8. The second-order valence-electron chi connectivity index (χ2n) is 9.84. The van der Waals surface area contributed by atoms with Gasteiger partial charge >= 0.3 is 12.1 Å². The minimum Gasteiger partial charge on any atom is -0.489 e. The molecule has 0 radical (unpaired) electrons. The van der Waals surface area contributed by atoms with Crippen molar-refractivity contribution in [1.82, 2.24) is 5.32 Å². The van der Waals surface area contributed by atoms with Gasteiger partial charge in [0.25, 0.3) is 0 Å². The van der Waals surface area contributed by atoms with Crippen molar-refractivity contribution in [1.29, 1.82) is 0 Å². The maximum Gasteiger partial charge on any atom is 0.408 e. The van der Waals surface area contributed by atoms with E-state index in [-0.39, 0.29) is 12.5 Å². The van der Waals surface area contributed by atoms with Crippen LogP contribution in [0.2, 0.25) is 0 Å². The Morgan fingerprint density at radius 2 is 1.43 bits per heavy atom. The molecule has 0 spiro atoms. The van der Waals surface area contributed by atoms with Crippen molar-refractivity contribution in [3.8, 4) is 5.75 Å². The van der Waals surface area contributed by atoms with E-state index in [1.807, 2.05) is 84.9 Å². The lowest BCUT2D eigenvalue weighted by Crippen LogP contribution is -2.46. The molecule has 40 heavy (non-hydrogen) atoms. The van der Waals surface area contributed by atoms with Crippen molar-refractivity contribution in [3.05, 3.63) is 102 Å². The van der Waals surface area contributed by atoms with Crippen LogP contribution in [-0.2, 0) is 34.0 Å². The third-order valence-corrected chi connectivity index (χ3v) is 6.69. The number of aldehydes is 1. The molecule has 1 aliphatic rings. The van der Waals surface area contributed by atoms with E-state index < -0.39 is 24.1 Å². The second kappa shape index (κ2) is 16.7. The molecule has 0 aromatic heterocycles. The van der Waals surface area contributed by atoms with Crippen LogP contribution in [0.15, 0.2) is 84.9 Å². The molecule has 1 saturated carbocycles. The first-order valence-electron chi connectivity index (χ1n) is 13.6. The average Bonchev–Trinajstić information content (AvgIpc) is 3.00. The van der Waals surface area contributed by atoms with E-state index >= 15 is 0 Å². The number of carboxylic acid groups (broad SMARTS) is 1. The number of carbonyl (C=O) groups is 3. The van der Waals surface area contributed by atoms with Crippen LogP contribution in [0.1, 0.15) is 48.8 Å². The summed E-state index contributed by atoms with van der Waals surface area (Å²) in [6.45, 7) is 0.692. The summed E-state index contributed by atoms with van der Waals surface area (Å²) in [7, 11) is 0. The topological polar surface area (TPSA) is 128 Å². The van der Waals surface area contributed by atoms with E-state index in [1.54, 1.807) is 0 Å². The predicted octanol–water partition coefficient (Wildman–Crippen LogP) is 5.28. The number of benzene rings is 3. The predicted molar refractivity (Wildman–Crippen MR) is 153 cm³/mol. The van der Waals surface area contributed by atoms with Crippen LogP contribution in [0.4, 0.5) is 4.79 Å². The zero-order valence-corrected chi connectivity index (χ0v) is 22.6. The minimum absolute atomic E-state index is 0.000486. The molecule has 3 aromatic carbocycles. The summed E-state index contributed by atoms with van der Waals surface area (Å²) in [4.78, 5) is 33.6. The Labute approximate surface area is 235 Å². The number of carbonyl (C=O) groups excluding carboxylic acids is 2. The van der Waals surface area contributed by atoms with Crippen LogP contribution < -0.4 is 15.8 Å². The van der Waals surface area contributed by atoms with Gasteiger partial charge in [-0.3, -0.25) is 0 Å². The molecule has 8 heteroatoms. The summed E-state index contributed by atoms with van der Waals surface area (Å²) in [5, 5.41) is 11.8. The normalized spacial score (nSPS) is 14.5. The van der Waals surface area contributed by atoms with Gasteiger partial charge in [-0.15, -0.1) is 0 Å². The number of amides is 1. The van der Waals surface area contributed by atoms with E-state index in [0.29, 0.717) is 13.0 Å². The molecule has 1 fully saturated rings. The summed E-state index contributed by atoms with van der Waals surface area (Å²) in [5.41, 5.74) is 8.62. The SMILES string of the molecule is N[C@H](C=O)Cc1ccc(OCc2ccccc2)cc1.O=C(NC(C(=O)O)C1CCCCC1)OCc1ccccc1. The standard InChI is InChI=1S/C16H21NO4.C16H17NO2/c18-15(19)14(13-9-5-2-6-10-13)17-16(20)21-11-12-7-3-1-4-8-12;17-15(11-18)10-13-6-8-16(9-7-13)19-12-14-4-2-1-3-5-14/h1,3-4,7-8,13-14H,2,5-6,9-11H2,(H,17,20)(H,18,19);1-9,11,15H,10,12,17H2/t;15-/m.0/s1. The second-order valence-corrected chi connectivity index (χ2v) is 9.84. The maximum absolute atomic E-state index is 11.8. The Balaban J connectivity index is 0.000000222. The third kappa shape index (κ3) is 10.9. The maximum atomic E-state index is 11.8. The van der Waals surface area contributed by atoms with Gasteiger partial charge in [-0.05, 0) is 54.0 Å². The lowest BCUT2D eigenvalue weighted by atomic mass is 9.84. The highest BCUT2D eigenvalue weighted by atomic mass is 16.5. The molecule has 2 atom stereocenters. The number of aliphatic carboxylic acids is 1. The number of nitrogens with one attached hydrogen (secondary N) is 1. The van der Waals surface area contributed by atoms with Crippen molar-refractivity contribution in [2.45, 2.75) is 63.8 Å². The number of hydrogen-bond acceptors (Lipinski definition) is 6. The molecule has 3 aromatic rings. The van der Waals surface area contributed by atoms with Crippen molar-refractivity contribution < 1.29 is 29.0 Å². The van der Waals surface area contributed by atoms with E-state index in [0.717, 1.165) is 60.8 Å². The fraction of sp³-hybridized carbons (Fsp3) is 0.344. The van der Waals surface area contributed by atoms with Crippen LogP contribution in [-0.4, -0.2) is 35.5 Å². The Morgan fingerprint density at radius 1 is 0.850 bits per heavy atom. The van der Waals surface area contributed by atoms with Crippen molar-refractivity contribution >= 4 is 18.3 Å². The monoisotopic (exact) mass is 546 g/mol. The molecular weight excluding hydrogens is 508 g/mol. The summed E-state index contributed by atoms with van der Waals surface area (Å²) >= 11 is 0. The molecule has 4 rings (SSSR count). The van der Waals surface area contributed by atoms with Crippen LogP contribution in [0.25, 0.3) is 0 Å². The number of nitrogens with two attached hydrogens (primary N) is 1. The molecule has 1 amide bonds. The number of carboxylic acids is 1. The van der Waals surface area contributed by atoms with Gasteiger partial charge in [-0.2, -0.15) is 0 Å². The zero-order valence-electron chi connectivity index (χ0n) is 22.6. The molecular formula is C32H38N2O6. The van der Waals surface area contributed by atoms with E-state index in [1.165, 1.54) is 0 Å². The quantitative estimate of drug-likeness (QED) is 0.279. The first-order valence-corrected chi connectivity index (χ1v) is 13.6. The largest absolute Gasteiger partial charge is 0.489 e. The Hall–Kier alpha value is -4.17. The van der Waals surface area contributed by atoms with Gasteiger partial charge < -0.3 is 30.4 Å². The minimum atomic E-state index is -0.987. The van der Waals surface area contributed by atoms with Crippen LogP contribution in [0, 0.1) is 5.92 Å². The summed E-state index contributed by atoms with van der Waals surface area (Å²) in [6, 6.07) is 25.7. The zero-order chi connectivity index (χ0) is 28.6. The highest BCUT2D eigenvalue weighted by Gasteiger charge is 2.31. The molecule has 212 valence electrons. The Morgan fingerprint density at radius 3 is 1.98 bits per heavy atom. The van der Waals surface area contributed by atoms with Gasteiger partial charge in [-0.25, -0.2) is 9.59 Å². The lowest BCUT2D eigenvalue weighted by molar-refractivity contribution is -0.141. The van der Waals surface area contributed by atoms with E-state index in [2.05, 4.69) is 5.32 Å². The van der Waals surface area contributed by atoms with Crippen molar-refractivity contribution in [2.24, 2.45) is 11.7 Å². The lowest BCUT2D eigenvalue weighted by Gasteiger charge is -2.27. The number of ether oxygens (including phenoxy) is 2. The van der Waals surface area contributed by atoms with Crippen molar-refractivity contribution in [2.75, 3.05) is 0 Å². The summed E-state index contributed by atoms with van der Waals surface area (Å²) in [6.07, 6.45) is 5.52. The molecule has 0 aliphatic heterocycles. The van der Waals surface area contributed by atoms with Crippen LogP contribution in [0.3, 0.4) is 0 Å². The molecule has 1 aliphatic carbocycles. The Kier molecular flexibility index (Phi) is 12.7. The van der Waals surface area contributed by atoms with Gasteiger partial charge in [0, 0.05) is 0 Å². The molecule has 0 heterocycles. The fourth-order valence-electron chi connectivity index (χ4n) is 4.52. The highest BCUT2D eigenvalue weighted by Crippen LogP contribution is 2.26. The van der Waals surface area contributed by atoms with Crippen LogP contribution in [0.5, 0.6) is 5.75 Å². The molecule has 1 unspecified atom stereocenters. The first kappa shape index (κ1) is 30.4. The smallest absolute Gasteiger partial charge is 0.408 e. The van der Waals surface area contributed by atoms with E-state index in [9.17, 15) is 19.5 Å². The fourth-order valence-corrected chi connectivity index (χ4v) is 4.52. The number of rotatable bonds is 11. The van der Waals surface area contributed by atoms with Gasteiger partial charge in [0.05, 0.1) is 6.04 Å². The highest BCUT2D eigenvalue weighted by molar-refractivity contribution is 5.80. The number of hydrogen-bond donors (Lipinski definition) is 3. The molecule has 4 N–H and O–H groups in total. The van der Waals surface area contributed by atoms with Crippen molar-refractivity contribution in [3.63, 3.8) is 0 Å². The molecule has 0 saturated heterocycles. The first-order chi connectivity index (χ1) is 19.4. The van der Waals surface area contributed by atoms with Gasteiger partial charge in [0.15, 0.2) is 0 Å². The Bertz CT molecular complexity index is 1170. The number of alkyl carbamates (subject to hydrolysis) is 1. The third-order valence-electron chi connectivity index (χ3n) is 6.69.